The fourth-order valence-corrected chi connectivity index (χ4v) is 4.89. The molecule has 3 heterocycles. The van der Waals surface area contributed by atoms with Crippen LogP contribution in [0.1, 0.15) is 13.3 Å². The highest BCUT2D eigenvalue weighted by molar-refractivity contribution is 8.01. The lowest BCUT2D eigenvalue weighted by atomic mass is 9.88. The first-order valence-corrected chi connectivity index (χ1v) is 12.0. The molecule has 0 aromatic rings. The molecule has 6 atom stereocenters. The molecule has 0 aromatic heterocycles. The van der Waals surface area contributed by atoms with Crippen LogP contribution in [0.15, 0.2) is 0 Å². The van der Waals surface area contributed by atoms with E-state index in [-0.39, 0.29) is 69.4 Å². The van der Waals surface area contributed by atoms with Crippen LogP contribution in [0.4, 0.5) is 13.2 Å². The molecule has 0 aromatic carbocycles. The number of likely N-dealkylation sites (tertiary alicyclic amines) is 1. The number of carbonyl (C=O) groups excluding carboxylic acids is 4. The lowest BCUT2D eigenvalue weighted by molar-refractivity contribution is -0.240. The van der Waals surface area contributed by atoms with Gasteiger partial charge in [-0.2, -0.15) is 13.2 Å². The second-order valence-electron chi connectivity index (χ2n) is 8.55. The Morgan fingerprint density at radius 1 is 1.22 bits per heavy atom. The van der Waals surface area contributed by atoms with Gasteiger partial charge in [0, 0.05) is 6.42 Å². The second-order valence-corrected chi connectivity index (χ2v) is 9.74. The average molecular weight is 545 g/mol. The zero-order valence-electron chi connectivity index (χ0n) is 19.2. The number of aliphatic hydroxyl groups is 2. The van der Waals surface area contributed by atoms with Crippen molar-refractivity contribution in [1.82, 2.24) is 10.2 Å². The maximum absolute atomic E-state index is 12.5. The Kier molecular flexibility index (Phi) is 9.35. The van der Waals surface area contributed by atoms with E-state index in [1.165, 1.54) is 6.92 Å². The monoisotopic (exact) mass is 544 g/mol. The number of halogens is 3. The van der Waals surface area contributed by atoms with Crippen LogP contribution in [0.3, 0.4) is 0 Å². The molecule has 3 N–H and O–H groups in total. The maximum atomic E-state index is 12.5. The van der Waals surface area contributed by atoms with Crippen LogP contribution in [-0.2, 0) is 38.1 Å². The summed E-state index contributed by atoms with van der Waals surface area (Å²) in [5, 5.41) is 21.6. The van der Waals surface area contributed by atoms with E-state index < -0.39 is 47.5 Å². The standard InChI is InChI=1S/C20H27F3N2O10S/c1-10(26)7-36-11-6-12(27)25(16(11)30)2-3-32-4-5-33-8-19-9-34-17(35-19)13(14(28)15(19)29)24-18(31)20(21,22)23/h11,13-15,17,28-29H,2-9H2,1H3,(H,24,31)/t11?,13-,14+,15+,17-,19-/m0/s1. The number of nitrogens with one attached hydrogen (secondary N) is 1. The summed E-state index contributed by atoms with van der Waals surface area (Å²) in [5.74, 6) is -2.96. The lowest BCUT2D eigenvalue weighted by Gasteiger charge is -2.42. The lowest BCUT2D eigenvalue weighted by Crippen LogP contribution is -2.67. The third kappa shape index (κ3) is 6.54. The first kappa shape index (κ1) is 28.7. The number of aliphatic hydroxyl groups excluding tert-OH is 2. The van der Waals surface area contributed by atoms with Crippen LogP contribution in [0.2, 0.25) is 0 Å². The Labute approximate surface area is 207 Å². The fraction of sp³-hybridized carbons (Fsp3) is 0.800. The van der Waals surface area contributed by atoms with Gasteiger partial charge in [-0.05, 0) is 6.92 Å². The minimum atomic E-state index is -5.19. The Bertz CT molecular complexity index is 862. The van der Waals surface area contributed by atoms with Gasteiger partial charge in [-0.25, -0.2) is 0 Å². The molecule has 3 aliphatic rings. The zero-order chi connectivity index (χ0) is 26.7. The van der Waals surface area contributed by atoms with Crippen molar-refractivity contribution in [1.29, 1.82) is 0 Å². The van der Waals surface area contributed by atoms with Crippen LogP contribution in [0.5, 0.6) is 0 Å². The summed E-state index contributed by atoms with van der Waals surface area (Å²) in [6.45, 7) is 0.929. The van der Waals surface area contributed by atoms with Crippen LogP contribution in [0.25, 0.3) is 0 Å². The van der Waals surface area contributed by atoms with Gasteiger partial charge in [0.15, 0.2) is 6.29 Å². The molecule has 0 radical (unpaired) electrons. The Balaban J connectivity index is 1.36. The van der Waals surface area contributed by atoms with Crippen molar-refractivity contribution in [3.8, 4) is 0 Å². The quantitative estimate of drug-likeness (QED) is 0.191. The molecule has 1 unspecified atom stereocenters. The van der Waals surface area contributed by atoms with Crippen LogP contribution >= 0.6 is 11.8 Å². The fourth-order valence-electron chi connectivity index (χ4n) is 3.93. The van der Waals surface area contributed by atoms with E-state index in [1.54, 1.807) is 5.32 Å². The van der Waals surface area contributed by atoms with E-state index in [0.717, 1.165) is 16.7 Å². The number of ketones is 1. The van der Waals surface area contributed by atoms with Gasteiger partial charge in [0.2, 0.25) is 11.8 Å². The molecule has 36 heavy (non-hydrogen) atoms. The van der Waals surface area contributed by atoms with Crippen molar-refractivity contribution < 1.29 is 61.5 Å². The number of imide groups is 1. The van der Waals surface area contributed by atoms with Gasteiger partial charge in [0.1, 0.15) is 29.6 Å². The third-order valence-electron chi connectivity index (χ3n) is 5.79. The normalized spacial score (nSPS) is 32.3. The number of hydrogen-bond donors (Lipinski definition) is 3. The topological polar surface area (TPSA) is 161 Å². The highest BCUT2D eigenvalue weighted by atomic mass is 32.2. The average Bonchev–Trinajstić information content (AvgIpc) is 3.32. The van der Waals surface area contributed by atoms with Crippen molar-refractivity contribution in [2.24, 2.45) is 0 Å². The molecule has 0 spiro atoms. The number of fused-ring (bicyclic) bond motifs is 2. The molecule has 3 saturated heterocycles. The number of Topliss-reactive ketones (excluding diaryl/α,β-unsaturated/α-hetero) is 1. The number of alkyl halides is 3. The van der Waals surface area contributed by atoms with E-state index in [2.05, 4.69) is 0 Å². The van der Waals surface area contributed by atoms with Gasteiger partial charge in [0.05, 0.1) is 50.6 Å². The first-order chi connectivity index (χ1) is 16.9. The SMILES string of the molecule is CC(=O)CSC1CC(=O)N(CCOCCOC[C@@]23CO[C@@H](O2)[C@@H](NC(=O)C(F)(F)F)[C@@H](O)[C@H]3O)C1=O. The molecule has 204 valence electrons. The second kappa shape index (κ2) is 11.7. The predicted octanol–water partition coefficient (Wildman–Crippen LogP) is -1.64. The summed E-state index contributed by atoms with van der Waals surface area (Å²) >= 11 is 1.13. The summed E-state index contributed by atoms with van der Waals surface area (Å²) in [4.78, 5) is 47.6. The maximum Gasteiger partial charge on any atom is 0.471 e. The molecule has 3 aliphatic heterocycles. The van der Waals surface area contributed by atoms with Gasteiger partial charge < -0.3 is 34.5 Å². The zero-order valence-corrected chi connectivity index (χ0v) is 20.0. The van der Waals surface area contributed by atoms with E-state index in [1.807, 2.05) is 0 Å². The summed E-state index contributed by atoms with van der Waals surface area (Å²) in [6, 6.07) is -1.63. The largest absolute Gasteiger partial charge is 0.471 e. The van der Waals surface area contributed by atoms with Gasteiger partial charge in [-0.15, -0.1) is 11.8 Å². The number of thioether (sulfide) groups is 1. The van der Waals surface area contributed by atoms with E-state index in [0.29, 0.717) is 0 Å². The van der Waals surface area contributed by atoms with Crippen LogP contribution in [-0.4, -0.2) is 126 Å². The molecular formula is C20H27F3N2O10S. The van der Waals surface area contributed by atoms with E-state index in [4.69, 9.17) is 18.9 Å². The van der Waals surface area contributed by atoms with Gasteiger partial charge >= 0.3 is 12.1 Å². The number of nitrogens with zero attached hydrogens (tertiary/aromatic N) is 1. The number of carbonyl (C=O) groups is 4. The summed E-state index contributed by atoms with van der Waals surface area (Å²) in [6.07, 6.45) is -10.1. The molecule has 0 aliphatic carbocycles. The van der Waals surface area contributed by atoms with Gasteiger partial charge in [0.25, 0.3) is 0 Å². The summed E-state index contributed by atoms with van der Waals surface area (Å²) in [7, 11) is 0. The Morgan fingerprint density at radius 3 is 2.58 bits per heavy atom. The summed E-state index contributed by atoms with van der Waals surface area (Å²) < 4.78 is 59.1. The highest BCUT2D eigenvalue weighted by Crippen LogP contribution is 2.37. The minimum Gasteiger partial charge on any atom is -0.388 e. The molecule has 16 heteroatoms. The molecule has 3 fully saturated rings. The predicted molar refractivity (Wildman–Crippen MR) is 113 cm³/mol. The molecular weight excluding hydrogens is 517 g/mol. The Morgan fingerprint density at radius 2 is 1.92 bits per heavy atom. The minimum absolute atomic E-state index is 0.00812. The van der Waals surface area contributed by atoms with E-state index in [9.17, 15) is 42.6 Å². The van der Waals surface area contributed by atoms with Crippen LogP contribution in [0, 0.1) is 0 Å². The number of amides is 3. The van der Waals surface area contributed by atoms with Crippen LogP contribution < -0.4 is 5.32 Å². The van der Waals surface area contributed by atoms with Crippen molar-refractivity contribution >= 4 is 35.3 Å². The third-order valence-corrected chi connectivity index (χ3v) is 7.13. The Hall–Kier alpha value is -1.82. The summed E-state index contributed by atoms with van der Waals surface area (Å²) in [5.41, 5.74) is -1.55. The van der Waals surface area contributed by atoms with Crippen molar-refractivity contribution in [2.75, 3.05) is 45.3 Å². The molecule has 12 nitrogen and oxygen atoms in total. The molecule has 3 rings (SSSR count). The van der Waals surface area contributed by atoms with Crippen molar-refractivity contribution in [3.05, 3.63) is 0 Å². The first-order valence-electron chi connectivity index (χ1n) is 11.0. The molecule has 2 bridgehead atoms. The van der Waals surface area contributed by atoms with Gasteiger partial charge in [-0.3, -0.25) is 24.1 Å². The number of ether oxygens (including phenoxy) is 4. The van der Waals surface area contributed by atoms with Crippen molar-refractivity contribution in [2.45, 2.75) is 54.9 Å². The number of rotatable bonds is 12. The van der Waals surface area contributed by atoms with Gasteiger partial charge in [-0.1, -0.05) is 0 Å². The highest BCUT2D eigenvalue weighted by Gasteiger charge is 2.60. The smallest absolute Gasteiger partial charge is 0.388 e. The van der Waals surface area contributed by atoms with E-state index >= 15 is 0 Å². The molecule has 3 amide bonds. The van der Waals surface area contributed by atoms with Crippen molar-refractivity contribution in [3.63, 3.8) is 0 Å². The number of hydrogen-bond acceptors (Lipinski definition) is 11. The molecule has 0 saturated carbocycles.